The van der Waals surface area contributed by atoms with E-state index >= 15 is 0 Å². The van der Waals surface area contributed by atoms with Crippen molar-refractivity contribution in [1.82, 2.24) is 9.55 Å². The van der Waals surface area contributed by atoms with E-state index in [2.05, 4.69) is 4.98 Å². The summed E-state index contributed by atoms with van der Waals surface area (Å²) in [6, 6.07) is 0. The Morgan fingerprint density at radius 2 is 2.26 bits per heavy atom. The number of nitrogens with zero attached hydrogens (tertiary/aromatic N) is 2. The average Bonchev–Trinajstić information content (AvgIpc) is 2.64. The van der Waals surface area contributed by atoms with Gasteiger partial charge in [-0.2, -0.15) is 0 Å². The summed E-state index contributed by atoms with van der Waals surface area (Å²) in [5.41, 5.74) is 1.96. The van der Waals surface area contributed by atoms with Crippen molar-refractivity contribution in [1.29, 1.82) is 0 Å². The third-order valence-corrected chi connectivity index (χ3v) is 3.49. The van der Waals surface area contributed by atoms with Gasteiger partial charge in [-0.15, -0.1) is 0 Å². The largest absolute Gasteiger partial charge is 0.481 e. The molecule has 0 bridgehead atoms. The SMILES string of the molecule is CC(=O)OCCn1c(C)nc2c1CC[C@@H](C(=O)O)C2. The predicted molar refractivity (Wildman–Crippen MR) is 66.7 cm³/mol. The van der Waals surface area contributed by atoms with Gasteiger partial charge in [0.15, 0.2) is 0 Å². The van der Waals surface area contributed by atoms with Gasteiger partial charge < -0.3 is 14.4 Å². The molecule has 1 aliphatic rings. The Morgan fingerprint density at radius 1 is 1.53 bits per heavy atom. The van der Waals surface area contributed by atoms with Crippen LogP contribution in [0.1, 0.15) is 30.6 Å². The summed E-state index contributed by atoms with van der Waals surface area (Å²) in [6.07, 6.45) is 1.85. The first-order valence-electron chi connectivity index (χ1n) is 6.40. The lowest BCUT2D eigenvalue weighted by Gasteiger charge is -2.19. The highest BCUT2D eigenvalue weighted by Crippen LogP contribution is 2.26. The molecular formula is C13H18N2O4. The van der Waals surface area contributed by atoms with E-state index < -0.39 is 5.97 Å². The maximum absolute atomic E-state index is 11.0. The van der Waals surface area contributed by atoms with Crippen LogP contribution in [0.15, 0.2) is 0 Å². The molecule has 6 heteroatoms. The molecular weight excluding hydrogens is 248 g/mol. The first-order chi connectivity index (χ1) is 8.99. The standard InChI is InChI=1S/C13H18N2O4/c1-8-14-11-7-10(13(17)18)3-4-12(11)15(8)5-6-19-9(2)16/h10H,3-7H2,1-2H3,(H,17,18)/t10-/m1/s1. The van der Waals surface area contributed by atoms with Crippen LogP contribution in [0, 0.1) is 12.8 Å². The van der Waals surface area contributed by atoms with E-state index in [0.29, 0.717) is 32.4 Å². The van der Waals surface area contributed by atoms with E-state index in [1.165, 1.54) is 6.92 Å². The Bertz CT molecular complexity index is 507. The predicted octanol–water partition coefficient (Wildman–Crippen LogP) is 0.944. The molecule has 0 saturated carbocycles. The van der Waals surface area contributed by atoms with Crippen LogP contribution in [-0.2, 0) is 33.7 Å². The number of carboxylic acid groups (broad SMARTS) is 1. The van der Waals surface area contributed by atoms with E-state index in [-0.39, 0.29) is 11.9 Å². The molecule has 104 valence electrons. The Labute approximate surface area is 111 Å². The highest BCUT2D eigenvalue weighted by Gasteiger charge is 2.28. The van der Waals surface area contributed by atoms with Gasteiger partial charge in [-0.3, -0.25) is 9.59 Å². The molecule has 0 spiro atoms. The molecule has 0 aliphatic heterocycles. The number of carbonyl (C=O) groups is 2. The maximum Gasteiger partial charge on any atom is 0.306 e. The highest BCUT2D eigenvalue weighted by atomic mass is 16.5. The zero-order valence-corrected chi connectivity index (χ0v) is 11.2. The van der Waals surface area contributed by atoms with Crippen molar-refractivity contribution in [3.63, 3.8) is 0 Å². The minimum Gasteiger partial charge on any atom is -0.481 e. The van der Waals surface area contributed by atoms with Gasteiger partial charge in [0, 0.05) is 19.0 Å². The van der Waals surface area contributed by atoms with Crippen LogP contribution >= 0.6 is 0 Å². The number of esters is 1. The van der Waals surface area contributed by atoms with E-state index in [4.69, 9.17) is 9.84 Å². The number of ether oxygens (including phenoxy) is 1. The quantitative estimate of drug-likeness (QED) is 0.820. The van der Waals surface area contributed by atoms with Gasteiger partial charge in [0.05, 0.1) is 18.2 Å². The number of aryl methyl sites for hydroxylation is 1. The number of rotatable bonds is 4. The van der Waals surface area contributed by atoms with E-state index in [1.54, 1.807) is 0 Å². The van der Waals surface area contributed by atoms with Crippen LogP contribution in [0.5, 0.6) is 0 Å². The van der Waals surface area contributed by atoms with Gasteiger partial charge in [0.25, 0.3) is 0 Å². The summed E-state index contributed by atoms with van der Waals surface area (Å²) in [5.74, 6) is -0.526. The monoisotopic (exact) mass is 266 g/mol. The topological polar surface area (TPSA) is 81.4 Å². The number of aliphatic carboxylic acids is 1. The smallest absolute Gasteiger partial charge is 0.306 e. The number of hydrogen-bond acceptors (Lipinski definition) is 4. The lowest BCUT2D eigenvalue weighted by Crippen LogP contribution is -2.23. The van der Waals surface area contributed by atoms with Crippen molar-refractivity contribution in [3.05, 3.63) is 17.2 Å². The summed E-state index contributed by atoms with van der Waals surface area (Å²) in [4.78, 5) is 26.2. The molecule has 0 amide bonds. The van der Waals surface area contributed by atoms with E-state index in [1.807, 2.05) is 11.5 Å². The second-order valence-electron chi connectivity index (χ2n) is 4.82. The zero-order chi connectivity index (χ0) is 14.0. The molecule has 19 heavy (non-hydrogen) atoms. The zero-order valence-electron chi connectivity index (χ0n) is 11.2. The minimum absolute atomic E-state index is 0.294. The molecule has 1 aromatic heterocycles. The second-order valence-corrected chi connectivity index (χ2v) is 4.82. The van der Waals surface area contributed by atoms with Gasteiger partial charge in [0.1, 0.15) is 12.4 Å². The minimum atomic E-state index is -0.752. The molecule has 0 aromatic carbocycles. The van der Waals surface area contributed by atoms with Gasteiger partial charge in [-0.1, -0.05) is 0 Å². The van der Waals surface area contributed by atoms with Gasteiger partial charge in [0.2, 0.25) is 0 Å². The molecule has 1 N–H and O–H groups in total. The third-order valence-electron chi connectivity index (χ3n) is 3.49. The molecule has 0 fully saturated rings. The Kier molecular flexibility index (Phi) is 3.87. The molecule has 0 saturated heterocycles. The fraction of sp³-hybridized carbons (Fsp3) is 0.615. The number of imidazole rings is 1. The summed E-state index contributed by atoms with van der Waals surface area (Å²) in [7, 11) is 0. The van der Waals surface area contributed by atoms with Crippen molar-refractivity contribution >= 4 is 11.9 Å². The van der Waals surface area contributed by atoms with E-state index in [0.717, 1.165) is 17.2 Å². The summed E-state index contributed by atoms with van der Waals surface area (Å²) >= 11 is 0. The Morgan fingerprint density at radius 3 is 2.89 bits per heavy atom. The van der Waals surface area contributed by atoms with Crippen LogP contribution in [0.4, 0.5) is 0 Å². The van der Waals surface area contributed by atoms with Crippen molar-refractivity contribution in [3.8, 4) is 0 Å². The molecule has 1 aliphatic carbocycles. The first kappa shape index (κ1) is 13.6. The van der Waals surface area contributed by atoms with Gasteiger partial charge >= 0.3 is 11.9 Å². The maximum atomic E-state index is 11.0. The lowest BCUT2D eigenvalue weighted by molar-refractivity contribution is -0.142. The number of carbonyl (C=O) groups excluding carboxylic acids is 1. The third kappa shape index (κ3) is 2.94. The number of hydrogen-bond donors (Lipinski definition) is 1. The normalized spacial score (nSPS) is 17.9. The fourth-order valence-electron chi connectivity index (χ4n) is 2.55. The van der Waals surface area contributed by atoms with Crippen LogP contribution < -0.4 is 0 Å². The van der Waals surface area contributed by atoms with Gasteiger partial charge in [-0.25, -0.2) is 4.98 Å². The second kappa shape index (κ2) is 5.42. The van der Waals surface area contributed by atoms with Crippen LogP contribution in [0.2, 0.25) is 0 Å². The fourth-order valence-corrected chi connectivity index (χ4v) is 2.55. The molecule has 1 aromatic rings. The first-order valence-corrected chi connectivity index (χ1v) is 6.40. The molecule has 0 radical (unpaired) electrons. The number of fused-ring (bicyclic) bond motifs is 1. The van der Waals surface area contributed by atoms with Crippen molar-refractivity contribution in [2.45, 2.75) is 39.7 Å². The molecule has 0 unspecified atom stereocenters. The van der Waals surface area contributed by atoms with Crippen molar-refractivity contribution in [2.75, 3.05) is 6.61 Å². The van der Waals surface area contributed by atoms with Crippen molar-refractivity contribution in [2.24, 2.45) is 5.92 Å². The van der Waals surface area contributed by atoms with Gasteiger partial charge in [-0.05, 0) is 19.8 Å². The van der Waals surface area contributed by atoms with Crippen LogP contribution in [0.3, 0.4) is 0 Å². The Balaban J connectivity index is 2.10. The highest BCUT2D eigenvalue weighted by molar-refractivity contribution is 5.70. The van der Waals surface area contributed by atoms with Crippen molar-refractivity contribution < 1.29 is 19.4 Å². The Hall–Kier alpha value is -1.85. The van der Waals surface area contributed by atoms with Crippen LogP contribution in [-0.4, -0.2) is 33.2 Å². The molecule has 1 atom stereocenters. The molecule has 1 heterocycles. The summed E-state index contributed by atoms with van der Waals surface area (Å²) in [5, 5.41) is 9.05. The molecule has 2 rings (SSSR count). The average molecular weight is 266 g/mol. The number of aromatic nitrogens is 2. The number of carboxylic acids is 1. The summed E-state index contributed by atoms with van der Waals surface area (Å²) < 4.78 is 6.96. The van der Waals surface area contributed by atoms with E-state index in [9.17, 15) is 9.59 Å². The van der Waals surface area contributed by atoms with Crippen LogP contribution in [0.25, 0.3) is 0 Å². The molecule has 6 nitrogen and oxygen atoms in total. The lowest BCUT2D eigenvalue weighted by atomic mass is 9.90. The summed E-state index contributed by atoms with van der Waals surface area (Å²) in [6.45, 7) is 4.17.